The van der Waals surface area contributed by atoms with Crippen molar-refractivity contribution in [2.45, 2.75) is 57.4 Å². The molecule has 7 nitrogen and oxygen atoms in total. The Morgan fingerprint density at radius 3 is 2.21 bits per heavy atom. The summed E-state index contributed by atoms with van der Waals surface area (Å²) in [6.07, 6.45) is 9.28. The van der Waals surface area contributed by atoms with Crippen molar-refractivity contribution in [1.82, 2.24) is 14.5 Å². The highest BCUT2D eigenvalue weighted by atomic mass is 16.2. The molecule has 0 spiro atoms. The van der Waals surface area contributed by atoms with Crippen LogP contribution >= 0.6 is 0 Å². The molecule has 2 aliphatic rings. The van der Waals surface area contributed by atoms with E-state index < -0.39 is 0 Å². The number of urea groups is 1. The third kappa shape index (κ3) is 3.62. The number of hydrogen-bond acceptors (Lipinski definition) is 3. The molecule has 0 unspecified atom stereocenters. The molecule has 2 heterocycles. The second kappa shape index (κ2) is 7.89. The van der Waals surface area contributed by atoms with Crippen LogP contribution in [-0.2, 0) is 14.1 Å². The lowest BCUT2D eigenvalue weighted by atomic mass is 9.96. The van der Waals surface area contributed by atoms with Crippen molar-refractivity contribution < 1.29 is 4.79 Å². The summed E-state index contributed by atoms with van der Waals surface area (Å²) in [5.41, 5.74) is 3.46. The number of carbonyl (C=O) groups excluding carboxylic acids is 1. The van der Waals surface area contributed by atoms with E-state index in [2.05, 4.69) is 21.6 Å². The molecule has 4 rings (SSSR count). The third-order valence-electron chi connectivity index (χ3n) is 6.27. The largest absolute Gasteiger partial charge is 0.370 e. The molecule has 1 aromatic carbocycles. The predicted octanol–water partition coefficient (Wildman–Crippen LogP) is 3.32. The van der Waals surface area contributed by atoms with E-state index in [0.717, 1.165) is 61.2 Å². The quantitative estimate of drug-likeness (QED) is 0.851. The lowest BCUT2D eigenvalue weighted by Crippen LogP contribution is -2.39. The Labute approximate surface area is 165 Å². The second-order valence-electron chi connectivity index (χ2n) is 8.24. The molecule has 28 heavy (non-hydrogen) atoms. The van der Waals surface area contributed by atoms with Crippen molar-refractivity contribution in [3.05, 3.63) is 22.6 Å². The zero-order valence-electron chi connectivity index (χ0n) is 17.0. The van der Waals surface area contributed by atoms with E-state index in [1.165, 1.54) is 25.7 Å². The van der Waals surface area contributed by atoms with Crippen LogP contribution in [0, 0.1) is 0 Å². The molecule has 2 amide bonds. The number of piperidine rings is 1. The summed E-state index contributed by atoms with van der Waals surface area (Å²) < 4.78 is 3.31. The van der Waals surface area contributed by atoms with Crippen molar-refractivity contribution in [1.29, 1.82) is 0 Å². The zero-order valence-corrected chi connectivity index (χ0v) is 17.0. The molecular formula is C21H31N5O2. The molecule has 0 radical (unpaired) electrons. The molecule has 1 aliphatic carbocycles. The molecule has 152 valence electrons. The van der Waals surface area contributed by atoms with Gasteiger partial charge in [-0.2, -0.15) is 0 Å². The Morgan fingerprint density at radius 2 is 1.54 bits per heavy atom. The minimum Gasteiger partial charge on any atom is -0.370 e. The first kappa shape index (κ1) is 18.9. The number of anilines is 2. The summed E-state index contributed by atoms with van der Waals surface area (Å²) in [5.74, 6) is 0. The topological polar surface area (TPSA) is 71.3 Å². The van der Waals surface area contributed by atoms with Gasteiger partial charge in [-0.3, -0.25) is 9.13 Å². The average Bonchev–Trinajstić information content (AvgIpc) is 2.92. The first-order chi connectivity index (χ1) is 13.5. The highest BCUT2D eigenvalue weighted by molar-refractivity contribution is 5.98. The van der Waals surface area contributed by atoms with Gasteiger partial charge in [0, 0.05) is 33.2 Å². The molecule has 1 aromatic heterocycles. The number of hydrogen-bond donors (Lipinski definition) is 2. The SMILES string of the molecule is Cn1c(=O)n(C)c2cc(N3CCCCC3)c(NC(=O)NC3CCCCC3)cc21. The van der Waals surface area contributed by atoms with Crippen LogP contribution in [0.25, 0.3) is 11.0 Å². The van der Waals surface area contributed by atoms with Gasteiger partial charge in [0.25, 0.3) is 0 Å². The van der Waals surface area contributed by atoms with Crippen LogP contribution in [0.5, 0.6) is 0 Å². The lowest BCUT2D eigenvalue weighted by Gasteiger charge is -2.31. The minimum atomic E-state index is -0.148. The number of benzene rings is 1. The first-order valence-electron chi connectivity index (χ1n) is 10.6. The van der Waals surface area contributed by atoms with E-state index in [1.54, 1.807) is 23.2 Å². The van der Waals surface area contributed by atoms with Crippen LogP contribution in [0.15, 0.2) is 16.9 Å². The highest BCUT2D eigenvalue weighted by Gasteiger charge is 2.21. The average molecular weight is 386 g/mol. The number of rotatable bonds is 3. The Hall–Kier alpha value is -2.44. The fourth-order valence-electron chi connectivity index (χ4n) is 4.62. The van der Waals surface area contributed by atoms with Crippen LogP contribution in [-0.4, -0.2) is 34.3 Å². The van der Waals surface area contributed by atoms with Gasteiger partial charge < -0.3 is 15.5 Å². The van der Waals surface area contributed by atoms with E-state index in [-0.39, 0.29) is 17.8 Å². The molecular weight excluding hydrogens is 354 g/mol. The fraction of sp³-hybridized carbons (Fsp3) is 0.619. The van der Waals surface area contributed by atoms with Gasteiger partial charge in [-0.1, -0.05) is 19.3 Å². The van der Waals surface area contributed by atoms with Gasteiger partial charge in [0.2, 0.25) is 0 Å². The van der Waals surface area contributed by atoms with E-state index >= 15 is 0 Å². The van der Waals surface area contributed by atoms with Crippen molar-refractivity contribution in [2.24, 2.45) is 14.1 Å². The van der Waals surface area contributed by atoms with Gasteiger partial charge in [0.15, 0.2) is 0 Å². The van der Waals surface area contributed by atoms with Crippen LogP contribution in [0.3, 0.4) is 0 Å². The van der Waals surface area contributed by atoms with Crippen molar-refractivity contribution >= 4 is 28.4 Å². The number of aryl methyl sites for hydroxylation is 2. The van der Waals surface area contributed by atoms with Crippen LogP contribution in [0.2, 0.25) is 0 Å². The highest BCUT2D eigenvalue weighted by Crippen LogP contribution is 2.33. The molecule has 0 bridgehead atoms. The number of nitrogens with zero attached hydrogens (tertiary/aromatic N) is 3. The van der Waals surface area contributed by atoms with Crippen molar-refractivity contribution in [2.75, 3.05) is 23.3 Å². The van der Waals surface area contributed by atoms with Crippen LogP contribution in [0.1, 0.15) is 51.4 Å². The molecule has 0 atom stereocenters. The zero-order chi connectivity index (χ0) is 19.7. The normalized spacial score (nSPS) is 18.4. The second-order valence-corrected chi connectivity index (χ2v) is 8.24. The Kier molecular flexibility index (Phi) is 5.33. The Balaban J connectivity index is 1.66. The lowest BCUT2D eigenvalue weighted by molar-refractivity contribution is 0.244. The van der Waals surface area contributed by atoms with Crippen molar-refractivity contribution in [3.63, 3.8) is 0 Å². The van der Waals surface area contributed by atoms with E-state index in [1.807, 2.05) is 6.07 Å². The van der Waals surface area contributed by atoms with E-state index in [0.29, 0.717) is 0 Å². The molecule has 1 saturated heterocycles. The van der Waals surface area contributed by atoms with Crippen molar-refractivity contribution in [3.8, 4) is 0 Å². The minimum absolute atomic E-state index is 0.0524. The Morgan fingerprint density at radius 1 is 0.929 bits per heavy atom. The van der Waals surface area contributed by atoms with E-state index in [4.69, 9.17) is 0 Å². The Bertz CT molecular complexity index is 917. The molecule has 1 saturated carbocycles. The van der Waals surface area contributed by atoms with Gasteiger partial charge in [0.05, 0.1) is 22.4 Å². The smallest absolute Gasteiger partial charge is 0.328 e. The van der Waals surface area contributed by atoms with Gasteiger partial charge in [-0.25, -0.2) is 9.59 Å². The number of amides is 2. The van der Waals surface area contributed by atoms with Gasteiger partial charge in [0.1, 0.15) is 0 Å². The summed E-state index contributed by atoms with van der Waals surface area (Å²) >= 11 is 0. The first-order valence-corrected chi connectivity index (χ1v) is 10.6. The summed E-state index contributed by atoms with van der Waals surface area (Å²) in [4.78, 5) is 27.4. The van der Waals surface area contributed by atoms with Crippen LogP contribution < -0.4 is 21.2 Å². The maximum absolute atomic E-state index is 12.7. The summed E-state index contributed by atoms with van der Waals surface area (Å²) in [6.45, 7) is 1.95. The number of aromatic nitrogens is 2. The standard InChI is InChI=1S/C21H31N5O2/c1-24-18-13-16(23-20(27)22-15-9-5-3-6-10-15)17(26-11-7-4-8-12-26)14-19(18)25(2)21(24)28/h13-15H,3-12H2,1-2H3,(H2,22,23,27). The van der Waals surface area contributed by atoms with Gasteiger partial charge >= 0.3 is 11.7 Å². The maximum Gasteiger partial charge on any atom is 0.328 e. The third-order valence-corrected chi connectivity index (χ3v) is 6.27. The maximum atomic E-state index is 12.7. The fourth-order valence-corrected chi connectivity index (χ4v) is 4.62. The summed E-state index contributed by atoms with van der Waals surface area (Å²) in [6, 6.07) is 4.11. The summed E-state index contributed by atoms with van der Waals surface area (Å²) in [7, 11) is 3.57. The van der Waals surface area contributed by atoms with Crippen LogP contribution in [0.4, 0.5) is 16.2 Å². The molecule has 1 aliphatic heterocycles. The molecule has 2 aromatic rings. The number of nitrogens with one attached hydrogen (secondary N) is 2. The summed E-state index contributed by atoms with van der Waals surface area (Å²) in [5, 5.41) is 6.22. The van der Waals surface area contributed by atoms with Gasteiger partial charge in [-0.15, -0.1) is 0 Å². The molecule has 2 fully saturated rings. The predicted molar refractivity (Wildman–Crippen MR) is 113 cm³/mol. The number of carbonyl (C=O) groups is 1. The van der Waals surface area contributed by atoms with Gasteiger partial charge in [-0.05, 0) is 44.2 Å². The monoisotopic (exact) mass is 385 g/mol. The van der Waals surface area contributed by atoms with E-state index in [9.17, 15) is 9.59 Å². The molecule has 7 heteroatoms. The number of fused-ring (bicyclic) bond motifs is 1. The number of imidazole rings is 1. The molecule has 2 N–H and O–H groups in total.